The predicted octanol–water partition coefficient (Wildman–Crippen LogP) is 2.69. The summed E-state index contributed by atoms with van der Waals surface area (Å²) < 4.78 is 0. The van der Waals surface area contributed by atoms with Crippen molar-refractivity contribution in [3.63, 3.8) is 0 Å². The number of hydrogen-bond donors (Lipinski definition) is 1. The summed E-state index contributed by atoms with van der Waals surface area (Å²) in [6, 6.07) is 0.653. The maximum atomic E-state index is 4.33. The summed E-state index contributed by atoms with van der Waals surface area (Å²) in [5, 5.41) is 4.33. The molecule has 2 heteroatoms. The van der Waals surface area contributed by atoms with E-state index in [0.717, 1.165) is 6.42 Å². The maximum Gasteiger partial charge on any atom is 0.0440 e. The summed E-state index contributed by atoms with van der Waals surface area (Å²) in [4.78, 5) is 0. The highest BCUT2D eigenvalue weighted by Crippen LogP contribution is 2.17. The summed E-state index contributed by atoms with van der Waals surface area (Å²) in [7, 11) is 0. The minimum absolute atomic E-state index is 0.653. The molecule has 1 fully saturated rings. The Hall–Kier alpha value is -0.530. The van der Waals surface area contributed by atoms with Gasteiger partial charge in [-0.2, -0.15) is 5.10 Å². The number of nitrogens with one attached hydrogen (secondary N) is 1. The van der Waals surface area contributed by atoms with Crippen LogP contribution in [0.15, 0.2) is 5.10 Å². The van der Waals surface area contributed by atoms with E-state index in [0.29, 0.717) is 6.04 Å². The molecule has 0 atom stereocenters. The average Bonchev–Trinajstić information content (AvgIpc) is 2.16. The lowest BCUT2D eigenvalue weighted by molar-refractivity contribution is 0.380. The molecule has 0 aromatic carbocycles. The van der Waals surface area contributed by atoms with Crippen molar-refractivity contribution in [2.45, 2.75) is 58.4 Å². The first-order valence-corrected chi connectivity index (χ1v) is 5.11. The van der Waals surface area contributed by atoms with Crippen LogP contribution in [0.3, 0.4) is 0 Å². The maximum absolute atomic E-state index is 4.33. The van der Waals surface area contributed by atoms with Gasteiger partial charge in [0.1, 0.15) is 0 Å². The zero-order valence-electron chi connectivity index (χ0n) is 8.27. The van der Waals surface area contributed by atoms with E-state index in [1.54, 1.807) is 0 Å². The van der Waals surface area contributed by atoms with E-state index in [4.69, 9.17) is 0 Å². The van der Waals surface area contributed by atoms with Gasteiger partial charge < -0.3 is 5.43 Å². The van der Waals surface area contributed by atoms with Gasteiger partial charge >= 0.3 is 0 Å². The minimum atomic E-state index is 0.653. The van der Waals surface area contributed by atoms with Gasteiger partial charge in [0.2, 0.25) is 0 Å². The van der Waals surface area contributed by atoms with Crippen molar-refractivity contribution in [3.8, 4) is 0 Å². The fourth-order valence-electron chi connectivity index (χ4n) is 1.51. The van der Waals surface area contributed by atoms with Crippen LogP contribution in [0.5, 0.6) is 0 Å². The van der Waals surface area contributed by atoms with Gasteiger partial charge in [0, 0.05) is 11.8 Å². The molecule has 1 aliphatic rings. The Labute approximate surface area is 75.4 Å². The quantitative estimate of drug-likeness (QED) is 0.508. The summed E-state index contributed by atoms with van der Waals surface area (Å²) in [6.07, 6.45) is 7.83. The summed E-state index contributed by atoms with van der Waals surface area (Å²) in [6.45, 7) is 4.22. The van der Waals surface area contributed by atoms with Crippen molar-refractivity contribution in [3.05, 3.63) is 0 Å². The Morgan fingerprint density at radius 1 is 1.33 bits per heavy atom. The van der Waals surface area contributed by atoms with Crippen LogP contribution in [0.25, 0.3) is 0 Å². The highest BCUT2D eigenvalue weighted by atomic mass is 15.3. The smallest absolute Gasteiger partial charge is 0.0440 e. The predicted molar refractivity (Wildman–Crippen MR) is 53.4 cm³/mol. The van der Waals surface area contributed by atoms with Crippen LogP contribution in [-0.4, -0.2) is 11.8 Å². The van der Waals surface area contributed by atoms with Gasteiger partial charge in [0.25, 0.3) is 0 Å². The van der Waals surface area contributed by atoms with E-state index < -0.39 is 0 Å². The lowest BCUT2D eigenvalue weighted by Gasteiger charge is -2.21. The van der Waals surface area contributed by atoms with Crippen LogP contribution in [0.4, 0.5) is 0 Å². The molecular weight excluding hydrogens is 148 g/mol. The van der Waals surface area contributed by atoms with Crippen molar-refractivity contribution < 1.29 is 0 Å². The van der Waals surface area contributed by atoms with Crippen LogP contribution in [0, 0.1) is 0 Å². The van der Waals surface area contributed by atoms with Crippen LogP contribution in [0.2, 0.25) is 0 Å². The van der Waals surface area contributed by atoms with Crippen molar-refractivity contribution in [1.29, 1.82) is 0 Å². The number of nitrogens with zero attached hydrogens (tertiary/aromatic N) is 1. The Balaban J connectivity index is 2.21. The molecule has 0 radical (unpaired) electrons. The second kappa shape index (κ2) is 5.18. The molecule has 0 heterocycles. The largest absolute Gasteiger partial charge is 0.307 e. The fraction of sp³-hybridized carbons (Fsp3) is 0.900. The van der Waals surface area contributed by atoms with Crippen LogP contribution >= 0.6 is 0 Å². The third kappa shape index (κ3) is 3.24. The summed E-state index contributed by atoms with van der Waals surface area (Å²) in [5.74, 6) is 0. The first-order chi connectivity index (χ1) is 5.83. The molecule has 0 aliphatic heterocycles. The first-order valence-electron chi connectivity index (χ1n) is 5.11. The third-order valence-electron chi connectivity index (χ3n) is 2.55. The lowest BCUT2D eigenvalue weighted by Crippen LogP contribution is -2.27. The van der Waals surface area contributed by atoms with E-state index in [2.05, 4.69) is 24.4 Å². The first kappa shape index (κ1) is 9.56. The third-order valence-corrected chi connectivity index (χ3v) is 2.55. The second-order valence-corrected chi connectivity index (χ2v) is 3.66. The van der Waals surface area contributed by atoms with E-state index in [1.807, 2.05) is 0 Å². The molecule has 0 bridgehead atoms. The van der Waals surface area contributed by atoms with Gasteiger partial charge in [-0.25, -0.2) is 0 Å². The Bertz CT molecular complexity index is 146. The van der Waals surface area contributed by atoms with Crippen LogP contribution in [0.1, 0.15) is 52.4 Å². The molecule has 0 saturated heterocycles. The minimum Gasteiger partial charge on any atom is -0.307 e. The molecule has 12 heavy (non-hydrogen) atoms. The number of rotatable bonds is 3. The van der Waals surface area contributed by atoms with E-state index in [9.17, 15) is 0 Å². The van der Waals surface area contributed by atoms with Crippen molar-refractivity contribution in [2.75, 3.05) is 0 Å². The standard InChI is InChI=1S/C10H20N2/c1-3-9(2)11-12-10-7-5-4-6-8-10/h10,12H,3-8H2,1-2H3. The monoisotopic (exact) mass is 168 g/mol. The molecule has 0 aromatic heterocycles. The summed E-state index contributed by atoms with van der Waals surface area (Å²) >= 11 is 0. The normalized spacial score (nSPS) is 21.0. The molecule has 0 spiro atoms. The van der Waals surface area contributed by atoms with Crippen LogP contribution < -0.4 is 5.43 Å². The Morgan fingerprint density at radius 2 is 2.00 bits per heavy atom. The van der Waals surface area contributed by atoms with Crippen LogP contribution in [-0.2, 0) is 0 Å². The molecule has 70 valence electrons. The van der Waals surface area contributed by atoms with Gasteiger partial charge in [-0.15, -0.1) is 0 Å². The van der Waals surface area contributed by atoms with E-state index >= 15 is 0 Å². The Morgan fingerprint density at radius 3 is 2.58 bits per heavy atom. The summed E-state index contributed by atoms with van der Waals surface area (Å²) in [5.41, 5.74) is 4.47. The van der Waals surface area contributed by atoms with Crippen molar-refractivity contribution in [2.24, 2.45) is 5.10 Å². The highest BCUT2D eigenvalue weighted by Gasteiger charge is 2.11. The zero-order chi connectivity index (χ0) is 8.81. The number of hydrogen-bond acceptors (Lipinski definition) is 2. The molecule has 2 nitrogen and oxygen atoms in total. The molecule has 0 amide bonds. The van der Waals surface area contributed by atoms with Gasteiger partial charge in [0.15, 0.2) is 0 Å². The molecular formula is C10H20N2. The van der Waals surface area contributed by atoms with E-state index in [1.165, 1.54) is 37.8 Å². The highest BCUT2D eigenvalue weighted by molar-refractivity contribution is 5.81. The molecule has 0 aromatic rings. The number of hydrazone groups is 1. The van der Waals surface area contributed by atoms with Gasteiger partial charge in [0.05, 0.1) is 0 Å². The Kier molecular flexibility index (Phi) is 4.12. The van der Waals surface area contributed by atoms with Gasteiger partial charge in [-0.3, -0.25) is 0 Å². The van der Waals surface area contributed by atoms with Crippen molar-refractivity contribution in [1.82, 2.24) is 5.43 Å². The van der Waals surface area contributed by atoms with Gasteiger partial charge in [-0.1, -0.05) is 26.2 Å². The molecule has 0 unspecified atom stereocenters. The second-order valence-electron chi connectivity index (χ2n) is 3.66. The topological polar surface area (TPSA) is 24.4 Å². The van der Waals surface area contributed by atoms with E-state index in [-0.39, 0.29) is 0 Å². The zero-order valence-corrected chi connectivity index (χ0v) is 8.27. The molecule has 1 aliphatic carbocycles. The lowest BCUT2D eigenvalue weighted by atomic mass is 9.96. The molecule has 1 N–H and O–H groups in total. The SMILES string of the molecule is CCC(C)=NNC1CCCCC1. The average molecular weight is 168 g/mol. The fourth-order valence-corrected chi connectivity index (χ4v) is 1.51. The molecule has 1 rings (SSSR count). The van der Waals surface area contributed by atoms with Gasteiger partial charge in [-0.05, 0) is 26.2 Å². The van der Waals surface area contributed by atoms with Crippen molar-refractivity contribution >= 4 is 5.71 Å². The molecule has 1 saturated carbocycles.